The summed E-state index contributed by atoms with van der Waals surface area (Å²) in [6, 6.07) is 0. The fourth-order valence-electron chi connectivity index (χ4n) is 1.77. The van der Waals surface area contributed by atoms with Gasteiger partial charge in [-0.1, -0.05) is 0 Å². The maximum atomic E-state index is 10.6. The summed E-state index contributed by atoms with van der Waals surface area (Å²) >= 11 is 0. The van der Waals surface area contributed by atoms with Crippen molar-refractivity contribution in [3.05, 3.63) is 18.0 Å². The lowest BCUT2D eigenvalue weighted by atomic mass is 10.2. The van der Waals surface area contributed by atoms with Gasteiger partial charge < -0.3 is 14.7 Å². The second-order valence-electron chi connectivity index (χ2n) is 4.10. The molecule has 6 nitrogen and oxygen atoms in total. The zero-order valence-corrected chi connectivity index (χ0v) is 9.67. The fourth-order valence-corrected chi connectivity index (χ4v) is 1.77. The molecule has 0 bridgehead atoms. The van der Waals surface area contributed by atoms with E-state index in [4.69, 9.17) is 9.84 Å². The molecule has 0 amide bonds. The highest BCUT2D eigenvalue weighted by atomic mass is 16.5. The van der Waals surface area contributed by atoms with Crippen LogP contribution in [0, 0.1) is 6.92 Å². The molecule has 1 saturated heterocycles. The van der Waals surface area contributed by atoms with Crippen LogP contribution in [-0.4, -0.2) is 46.8 Å². The van der Waals surface area contributed by atoms with E-state index >= 15 is 0 Å². The third-order valence-electron chi connectivity index (χ3n) is 2.59. The molecule has 1 unspecified atom stereocenters. The van der Waals surface area contributed by atoms with E-state index in [1.807, 2.05) is 11.8 Å². The number of carboxylic acids is 1. The minimum Gasteiger partial charge on any atom is -0.481 e. The Hall–Kier alpha value is -1.69. The number of morpholine rings is 1. The molecular weight excluding hydrogens is 222 g/mol. The number of anilines is 1. The number of aryl methyl sites for hydroxylation is 1. The van der Waals surface area contributed by atoms with Crippen LogP contribution < -0.4 is 4.90 Å². The molecule has 0 saturated carbocycles. The van der Waals surface area contributed by atoms with Crippen LogP contribution in [-0.2, 0) is 9.53 Å². The number of hydrogen-bond acceptors (Lipinski definition) is 5. The van der Waals surface area contributed by atoms with Gasteiger partial charge in [-0.25, -0.2) is 9.97 Å². The number of ether oxygens (including phenoxy) is 1. The number of nitrogens with zero attached hydrogens (tertiary/aromatic N) is 3. The van der Waals surface area contributed by atoms with Crippen molar-refractivity contribution >= 4 is 11.9 Å². The quantitative estimate of drug-likeness (QED) is 0.823. The van der Waals surface area contributed by atoms with Crippen LogP contribution in [0.2, 0.25) is 0 Å². The van der Waals surface area contributed by atoms with Crippen molar-refractivity contribution in [2.45, 2.75) is 19.4 Å². The fraction of sp³-hybridized carbons (Fsp3) is 0.545. The van der Waals surface area contributed by atoms with Crippen molar-refractivity contribution in [3.8, 4) is 0 Å². The average molecular weight is 237 g/mol. The van der Waals surface area contributed by atoms with Crippen LogP contribution in [0.3, 0.4) is 0 Å². The van der Waals surface area contributed by atoms with E-state index in [1.165, 1.54) is 0 Å². The molecule has 0 radical (unpaired) electrons. The van der Waals surface area contributed by atoms with Crippen molar-refractivity contribution in [2.24, 2.45) is 0 Å². The summed E-state index contributed by atoms with van der Waals surface area (Å²) in [5.74, 6) is -0.212. The molecule has 2 heterocycles. The predicted octanol–water partition coefficient (Wildman–Crippen LogP) is 0.465. The lowest BCUT2D eigenvalue weighted by Gasteiger charge is -2.32. The van der Waals surface area contributed by atoms with Crippen molar-refractivity contribution in [1.82, 2.24) is 9.97 Å². The zero-order chi connectivity index (χ0) is 12.3. The normalized spacial score (nSPS) is 20.3. The molecule has 17 heavy (non-hydrogen) atoms. The van der Waals surface area contributed by atoms with E-state index in [-0.39, 0.29) is 12.5 Å². The van der Waals surface area contributed by atoms with Crippen LogP contribution >= 0.6 is 0 Å². The van der Waals surface area contributed by atoms with Gasteiger partial charge in [-0.05, 0) is 12.5 Å². The first-order valence-corrected chi connectivity index (χ1v) is 5.52. The van der Waals surface area contributed by atoms with E-state index in [9.17, 15) is 4.79 Å². The Morgan fingerprint density at radius 3 is 2.94 bits per heavy atom. The Labute approximate surface area is 99.2 Å². The van der Waals surface area contributed by atoms with Gasteiger partial charge in [-0.3, -0.25) is 4.79 Å². The average Bonchev–Trinajstić information content (AvgIpc) is 2.29. The molecule has 1 N–H and O–H groups in total. The zero-order valence-electron chi connectivity index (χ0n) is 9.67. The van der Waals surface area contributed by atoms with Crippen molar-refractivity contribution in [1.29, 1.82) is 0 Å². The number of aromatic nitrogens is 2. The third kappa shape index (κ3) is 3.13. The molecule has 6 heteroatoms. The minimum absolute atomic E-state index is 0.0162. The third-order valence-corrected chi connectivity index (χ3v) is 2.59. The summed E-state index contributed by atoms with van der Waals surface area (Å²) in [6.45, 7) is 3.65. The van der Waals surface area contributed by atoms with E-state index < -0.39 is 5.97 Å². The molecule has 0 aliphatic carbocycles. The van der Waals surface area contributed by atoms with E-state index in [1.54, 1.807) is 12.4 Å². The molecule has 92 valence electrons. The Balaban J connectivity index is 2.01. The van der Waals surface area contributed by atoms with Crippen molar-refractivity contribution in [3.63, 3.8) is 0 Å². The summed E-state index contributed by atoms with van der Waals surface area (Å²) in [4.78, 5) is 21.0. The van der Waals surface area contributed by atoms with Crippen LogP contribution in [0.4, 0.5) is 5.95 Å². The van der Waals surface area contributed by atoms with Gasteiger partial charge in [-0.15, -0.1) is 0 Å². The van der Waals surface area contributed by atoms with Crippen LogP contribution in [0.5, 0.6) is 0 Å². The van der Waals surface area contributed by atoms with Gasteiger partial charge in [-0.2, -0.15) is 0 Å². The number of hydrogen-bond donors (Lipinski definition) is 1. The first-order valence-electron chi connectivity index (χ1n) is 5.52. The topological polar surface area (TPSA) is 75.6 Å². The summed E-state index contributed by atoms with van der Waals surface area (Å²) in [5.41, 5.74) is 1.00. The van der Waals surface area contributed by atoms with Gasteiger partial charge in [0.2, 0.25) is 5.95 Å². The highest BCUT2D eigenvalue weighted by molar-refractivity contribution is 5.67. The number of carboxylic acid groups (broad SMARTS) is 1. The van der Waals surface area contributed by atoms with Crippen LogP contribution in [0.25, 0.3) is 0 Å². The van der Waals surface area contributed by atoms with Gasteiger partial charge >= 0.3 is 5.97 Å². The first kappa shape index (κ1) is 11.8. The highest BCUT2D eigenvalue weighted by Gasteiger charge is 2.24. The summed E-state index contributed by atoms with van der Waals surface area (Å²) in [5, 5.41) is 8.73. The maximum absolute atomic E-state index is 10.6. The van der Waals surface area contributed by atoms with E-state index in [0.29, 0.717) is 25.6 Å². The number of aliphatic carboxylic acids is 1. The predicted molar refractivity (Wildman–Crippen MR) is 61.0 cm³/mol. The largest absolute Gasteiger partial charge is 0.481 e. The number of rotatable bonds is 3. The molecular formula is C11H15N3O3. The monoisotopic (exact) mass is 237 g/mol. The lowest BCUT2D eigenvalue weighted by molar-refractivity contribution is -0.140. The maximum Gasteiger partial charge on any atom is 0.306 e. The Kier molecular flexibility index (Phi) is 3.53. The molecule has 1 aromatic heterocycles. The summed E-state index contributed by atoms with van der Waals surface area (Å²) < 4.78 is 5.39. The number of carbonyl (C=O) groups is 1. The van der Waals surface area contributed by atoms with Crippen molar-refractivity contribution in [2.75, 3.05) is 24.6 Å². The van der Waals surface area contributed by atoms with Crippen LogP contribution in [0.1, 0.15) is 12.0 Å². The van der Waals surface area contributed by atoms with E-state index in [2.05, 4.69) is 9.97 Å². The Morgan fingerprint density at radius 2 is 2.29 bits per heavy atom. The second-order valence-corrected chi connectivity index (χ2v) is 4.10. The van der Waals surface area contributed by atoms with Gasteiger partial charge in [0, 0.05) is 25.5 Å². The van der Waals surface area contributed by atoms with Crippen LogP contribution in [0.15, 0.2) is 12.4 Å². The molecule has 1 fully saturated rings. The molecule has 1 atom stereocenters. The molecule has 2 rings (SSSR count). The summed E-state index contributed by atoms with van der Waals surface area (Å²) in [7, 11) is 0. The molecule has 1 aliphatic rings. The SMILES string of the molecule is Cc1cnc(N2CCOC(CC(=O)O)C2)nc1. The lowest BCUT2D eigenvalue weighted by Crippen LogP contribution is -2.44. The second kappa shape index (κ2) is 5.09. The van der Waals surface area contributed by atoms with Gasteiger partial charge in [0.05, 0.1) is 19.1 Å². The first-order chi connectivity index (χ1) is 8.15. The van der Waals surface area contributed by atoms with Gasteiger partial charge in [0.25, 0.3) is 0 Å². The molecule has 1 aliphatic heterocycles. The Morgan fingerprint density at radius 1 is 1.59 bits per heavy atom. The van der Waals surface area contributed by atoms with E-state index in [0.717, 1.165) is 5.56 Å². The minimum atomic E-state index is -0.846. The van der Waals surface area contributed by atoms with Gasteiger partial charge in [0.15, 0.2) is 0 Å². The van der Waals surface area contributed by atoms with Gasteiger partial charge in [0.1, 0.15) is 0 Å². The molecule has 0 aromatic carbocycles. The molecule has 1 aromatic rings. The van der Waals surface area contributed by atoms with Crippen molar-refractivity contribution < 1.29 is 14.6 Å². The smallest absolute Gasteiger partial charge is 0.306 e. The standard InChI is InChI=1S/C11H15N3O3/c1-8-5-12-11(13-6-8)14-2-3-17-9(7-14)4-10(15)16/h5-6,9H,2-4,7H2,1H3,(H,15,16). The highest BCUT2D eigenvalue weighted by Crippen LogP contribution is 2.14. The summed E-state index contributed by atoms with van der Waals surface area (Å²) in [6.07, 6.45) is 3.24. The molecule has 0 spiro atoms. The Bertz CT molecular complexity index is 393.